The molecule has 0 radical (unpaired) electrons. The monoisotopic (exact) mass is 355 g/mol. The van der Waals surface area contributed by atoms with Crippen LogP contribution in [0, 0.1) is 0 Å². The average molecular weight is 356 g/mol. The Morgan fingerprint density at radius 3 is 2.38 bits per heavy atom. The van der Waals surface area contributed by atoms with Gasteiger partial charge in [-0.05, 0) is 36.4 Å². The van der Waals surface area contributed by atoms with Gasteiger partial charge in [0.2, 0.25) is 0 Å². The van der Waals surface area contributed by atoms with Gasteiger partial charge in [0.15, 0.2) is 0 Å². The molecule has 0 aliphatic heterocycles. The van der Waals surface area contributed by atoms with Gasteiger partial charge < -0.3 is 4.74 Å². The zero-order valence-corrected chi connectivity index (χ0v) is 12.5. The van der Waals surface area contributed by atoms with Gasteiger partial charge in [-0.2, -0.15) is 0 Å². The second kappa shape index (κ2) is 6.76. The van der Waals surface area contributed by atoms with Crippen molar-refractivity contribution in [1.29, 1.82) is 0 Å². The van der Waals surface area contributed by atoms with Crippen LogP contribution in [0.3, 0.4) is 0 Å². The van der Waals surface area contributed by atoms with E-state index in [0.29, 0.717) is 5.56 Å². The van der Waals surface area contributed by atoms with Crippen LogP contribution in [0.25, 0.3) is 0 Å². The molecule has 1 heterocycles. The molecule has 21 heavy (non-hydrogen) atoms. The summed E-state index contributed by atoms with van der Waals surface area (Å²) >= 11 is 3.24. The number of esters is 1. The molecule has 3 nitrogen and oxygen atoms in total. The lowest BCUT2D eigenvalue weighted by atomic mass is 10.1. The predicted molar refractivity (Wildman–Crippen MR) is 77.2 cm³/mol. The number of aromatic nitrogens is 1. The maximum atomic E-state index is 13.8. The fourth-order valence-electron chi connectivity index (χ4n) is 1.68. The molecule has 0 amide bonds. The summed E-state index contributed by atoms with van der Waals surface area (Å²) in [5, 5.41) is 0. The predicted octanol–water partition coefficient (Wildman–Crippen LogP) is 4.18. The largest absolute Gasteiger partial charge is 0.462 e. The van der Waals surface area contributed by atoms with Crippen LogP contribution in [0.2, 0.25) is 0 Å². The standard InChI is InChI=1S/C15H12BrF2NO2/c16-13-3-1-11(2-4-13)14(20)21-10-7-15(17,18)12-5-8-19-9-6-12/h1-6,8-9H,7,10H2. The van der Waals surface area contributed by atoms with Crippen LogP contribution in [-0.2, 0) is 10.7 Å². The number of ether oxygens (including phenoxy) is 1. The molecule has 0 saturated heterocycles. The highest BCUT2D eigenvalue weighted by Crippen LogP contribution is 2.31. The van der Waals surface area contributed by atoms with E-state index >= 15 is 0 Å². The normalized spacial score (nSPS) is 11.2. The summed E-state index contributed by atoms with van der Waals surface area (Å²) in [5.74, 6) is -3.67. The molecule has 0 aliphatic carbocycles. The third-order valence-electron chi connectivity index (χ3n) is 2.83. The molecular weight excluding hydrogens is 344 g/mol. The molecule has 1 aromatic carbocycles. The van der Waals surface area contributed by atoms with Crippen LogP contribution in [0.15, 0.2) is 53.3 Å². The van der Waals surface area contributed by atoms with Crippen molar-refractivity contribution < 1.29 is 18.3 Å². The number of nitrogens with zero attached hydrogens (tertiary/aromatic N) is 1. The van der Waals surface area contributed by atoms with E-state index in [0.717, 1.165) is 4.47 Å². The second-order valence-electron chi connectivity index (χ2n) is 4.33. The third kappa shape index (κ3) is 4.32. The van der Waals surface area contributed by atoms with Crippen LogP contribution in [-0.4, -0.2) is 17.6 Å². The van der Waals surface area contributed by atoms with Crippen molar-refractivity contribution in [2.45, 2.75) is 12.3 Å². The molecule has 6 heteroatoms. The van der Waals surface area contributed by atoms with Crippen molar-refractivity contribution >= 4 is 21.9 Å². The maximum Gasteiger partial charge on any atom is 0.338 e. The Labute approximate surface area is 129 Å². The number of carbonyl (C=O) groups excluding carboxylic acids is 1. The average Bonchev–Trinajstić information content (AvgIpc) is 2.48. The minimum absolute atomic E-state index is 0.141. The summed E-state index contributed by atoms with van der Waals surface area (Å²) in [6, 6.07) is 8.98. The quantitative estimate of drug-likeness (QED) is 0.755. The molecular formula is C15H12BrF2NO2. The first-order valence-electron chi connectivity index (χ1n) is 6.20. The lowest BCUT2D eigenvalue weighted by Crippen LogP contribution is -2.18. The Balaban J connectivity index is 1.89. The summed E-state index contributed by atoms with van der Waals surface area (Å²) in [7, 11) is 0. The van der Waals surface area contributed by atoms with E-state index in [4.69, 9.17) is 4.74 Å². The van der Waals surface area contributed by atoms with E-state index in [2.05, 4.69) is 20.9 Å². The Kier molecular flexibility index (Phi) is 5.01. The van der Waals surface area contributed by atoms with Gasteiger partial charge in [-0.25, -0.2) is 13.6 Å². The fraction of sp³-hybridized carbons (Fsp3) is 0.200. The molecule has 2 rings (SSSR count). The van der Waals surface area contributed by atoms with E-state index in [1.54, 1.807) is 24.3 Å². The topological polar surface area (TPSA) is 39.2 Å². The summed E-state index contributed by atoms with van der Waals surface area (Å²) < 4.78 is 33.4. The van der Waals surface area contributed by atoms with E-state index < -0.39 is 18.3 Å². The number of alkyl halides is 2. The summed E-state index contributed by atoms with van der Waals surface area (Å²) in [4.78, 5) is 15.4. The lowest BCUT2D eigenvalue weighted by molar-refractivity contribution is -0.0324. The first kappa shape index (κ1) is 15.6. The van der Waals surface area contributed by atoms with E-state index in [-0.39, 0.29) is 12.2 Å². The van der Waals surface area contributed by atoms with Gasteiger partial charge >= 0.3 is 5.97 Å². The Morgan fingerprint density at radius 1 is 1.14 bits per heavy atom. The zero-order valence-electron chi connectivity index (χ0n) is 10.9. The highest BCUT2D eigenvalue weighted by Gasteiger charge is 2.31. The molecule has 0 spiro atoms. The summed E-state index contributed by atoms with van der Waals surface area (Å²) in [6.45, 7) is -0.357. The van der Waals surface area contributed by atoms with Crippen LogP contribution < -0.4 is 0 Å². The fourth-order valence-corrected chi connectivity index (χ4v) is 1.95. The van der Waals surface area contributed by atoms with Crippen LogP contribution in [0.1, 0.15) is 22.3 Å². The number of benzene rings is 1. The first-order valence-corrected chi connectivity index (χ1v) is 6.99. The van der Waals surface area contributed by atoms with Crippen LogP contribution >= 0.6 is 15.9 Å². The van der Waals surface area contributed by atoms with E-state index in [1.807, 2.05) is 0 Å². The van der Waals surface area contributed by atoms with Gasteiger partial charge in [0.1, 0.15) is 0 Å². The van der Waals surface area contributed by atoms with Crippen molar-refractivity contribution in [3.05, 3.63) is 64.4 Å². The molecule has 0 fully saturated rings. The van der Waals surface area contributed by atoms with E-state index in [1.165, 1.54) is 24.5 Å². The zero-order chi connectivity index (χ0) is 15.3. The number of halogens is 3. The van der Waals surface area contributed by atoms with E-state index in [9.17, 15) is 13.6 Å². The van der Waals surface area contributed by atoms with Crippen molar-refractivity contribution in [3.8, 4) is 0 Å². The first-order chi connectivity index (χ1) is 9.99. The molecule has 2 aromatic rings. The highest BCUT2D eigenvalue weighted by molar-refractivity contribution is 9.10. The molecule has 0 saturated carbocycles. The third-order valence-corrected chi connectivity index (χ3v) is 3.36. The lowest BCUT2D eigenvalue weighted by Gasteiger charge is -2.16. The smallest absolute Gasteiger partial charge is 0.338 e. The number of rotatable bonds is 5. The van der Waals surface area contributed by atoms with Gasteiger partial charge in [0.05, 0.1) is 18.6 Å². The summed E-state index contributed by atoms with van der Waals surface area (Å²) in [5.41, 5.74) is 0.183. The molecule has 0 bridgehead atoms. The minimum Gasteiger partial charge on any atom is -0.462 e. The Bertz CT molecular complexity index is 603. The molecule has 0 aliphatic rings. The molecule has 0 unspecified atom stereocenters. The van der Waals surface area contributed by atoms with Crippen molar-refractivity contribution in [1.82, 2.24) is 4.98 Å². The minimum atomic E-state index is -3.05. The second-order valence-corrected chi connectivity index (χ2v) is 5.25. The van der Waals surface area contributed by atoms with Gasteiger partial charge in [0, 0.05) is 22.4 Å². The van der Waals surface area contributed by atoms with Gasteiger partial charge in [0.25, 0.3) is 5.92 Å². The number of pyridine rings is 1. The van der Waals surface area contributed by atoms with Crippen LogP contribution in [0.4, 0.5) is 8.78 Å². The van der Waals surface area contributed by atoms with Crippen LogP contribution in [0.5, 0.6) is 0 Å². The van der Waals surface area contributed by atoms with Crippen molar-refractivity contribution in [2.75, 3.05) is 6.61 Å². The van der Waals surface area contributed by atoms with Crippen molar-refractivity contribution in [3.63, 3.8) is 0 Å². The molecule has 0 N–H and O–H groups in total. The molecule has 1 aromatic heterocycles. The molecule has 110 valence electrons. The Morgan fingerprint density at radius 2 is 1.76 bits per heavy atom. The molecule has 0 atom stereocenters. The van der Waals surface area contributed by atoms with Crippen molar-refractivity contribution in [2.24, 2.45) is 0 Å². The van der Waals surface area contributed by atoms with Gasteiger partial charge in [-0.1, -0.05) is 15.9 Å². The maximum absolute atomic E-state index is 13.8. The SMILES string of the molecule is O=C(OCCC(F)(F)c1ccncc1)c1ccc(Br)cc1. The van der Waals surface area contributed by atoms with Gasteiger partial charge in [-0.3, -0.25) is 4.98 Å². The number of hydrogen-bond donors (Lipinski definition) is 0. The summed E-state index contributed by atoms with van der Waals surface area (Å²) in [6.07, 6.45) is 2.04. The highest BCUT2D eigenvalue weighted by atomic mass is 79.9. The van der Waals surface area contributed by atoms with Gasteiger partial charge in [-0.15, -0.1) is 0 Å². The Hall–Kier alpha value is -1.82. The number of carbonyl (C=O) groups is 1. The number of hydrogen-bond acceptors (Lipinski definition) is 3.